The summed E-state index contributed by atoms with van der Waals surface area (Å²) in [6.45, 7) is 17.6. The molecule has 0 amide bonds. The second kappa shape index (κ2) is 20.0. The third-order valence-corrected chi connectivity index (χ3v) is 4.74. The Morgan fingerprint density at radius 3 is 2.03 bits per heavy atom. The van der Waals surface area contributed by atoms with E-state index in [1.165, 1.54) is 12.0 Å². The number of aromatic nitrogens is 2. The van der Waals surface area contributed by atoms with Gasteiger partial charge in [0.1, 0.15) is 5.69 Å². The van der Waals surface area contributed by atoms with Gasteiger partial charge < -0.3 is 9.40 Å². The quantitative estimate of drug-likeness (QED) is 0.437. The summed E-state index contributed by atoms with van der Waals surface area (Å²) < 4.78 is 5.55. The van der Waals surface area contributed by atoms with Gasteiger partial charge in [-0.25, -0.2) is 4.98 Å². The van der Waals surface area contributed by atoms with Crippen molar-refractivity contribution < 1.29 is 9.21 Å². The van der Waals surface area contributed by atoms with E-state index >= 15 is 0 Å². The number of carbonyl (C=O) groups excluding carboxylic acids is 1. The lowest BCUT2D eigenvalue weighted by atomic mass is 9.98. The molecule has 0 unspecified atom stereocenters. The first kappa shape index (κ1) is 31.6. The number of aldehydes is 1. The predicted octanol–water partition coefficient (Wildman–Crippen LogP) is 9.72. The molecule has 4 rings (SSSR count). The Morgan fingerprint density at radius 2 is 1.54 bits per heavy atom. The minimum Gasteiger partial charge on any atom is -0.443 e. The summed E-state index contributed by atoms with van der Waals surface area (Å²) in [4.78, 5) is 17.9. The molecule has 2 aromatic heterocycles. The molecule has 0 bridgehead atoms. The van der Waals surface area contributed by atoms with Crippen LogP contribution in [-0.2, 0) is 0 Å². The normalized spacial score (nSPS) is 13.3. The monoisotopic (exact) mass is 476 g/mol. The zero-order valence-electron chi connectivity index (χ0n) is 22.7. The number of allylic oxidation sites excluding steroid dienone is 9. The SMILES string of the molecule is C1=CC(c2ncoc2C2=CCCC=C2)=CCC1.C=Cc1[nH]cc(C=O)c1/C=C\C.CC.CC.CC. The van der Waals surface area contributed by atoms with Crippen molar-refractivity contribution in [1.29, 1.82) is 0 Å². The van der Waals surface area contributed by atoms with E-state index in [1.807, 2.05) is 60.6 Å². The molecular formula is C31H44N2O2. The molecule has 0 saturated heterocycles. The average Bonchev–Trinajstić information content (AvgIpc) is 3.61. The van der Waals surface area contributed by atoms with Crippen LogP contribution >= 0.6 is 0 Å². The lowest BCUT2D eigenvalue weighted by Gasteiger charge is -2.08. The van der Waals surface area contributed by atoms with Gasteiger partial charge in [0.05, 0.1) is 0 Å². The Bertz CT molecular complexity index is 939. The fraction of sp³-hybridized carbons (Fsp3) is 0.355. The molecule has 1 N–H and O–H groups in total. The molecule has 4 nitrogen and oxygen atoms in total. The number of H-pyrrole nitrogens is 1. The smallest absolute Gasteiger partial charge is 0.182 e. The van der Waals surface area contributed by atoms with E-state index in [-0.39, 0.29) is 0 Å². The van der Waals surface area contributed by atoms with Gasteiger partial charge in [0, 0.05) is 28.6 Å². The Balaban J connectivity index is 0.000000567. The largest absolute Gasteiger partial charge is 0.443 e. The standard InChI is InChI=1S/C15H15NO.C10H11NO.3C2H6/c1-3-7-12(8-4-1)14-15(17-11-16-14)13-9-5-2-6-10-13;1-3-5-9-8(7-12)6-11-10(9)4-2;3*1-2/h3,5,7-11H,1-2,4,6H2;3-7,11H,2H2,1H3;3*1-2H3/b;5-3-;;;. The van der Waals surface area contributed by atoms with Crippen LogP contribution in [0.1, 0.15) is 107 Å². The molecule has 190 valence electrons. The summed E-state index contributed by atoms with van der Waals surface area (Å²) in [5, 5.41) is 0. The molecular weight excluding hydrogens is 432 g/mol. The van der Waals surface area contributed by atoms with Crippen molar-refractivity contribution in [1.82, 2.24) is 9.97 Å². The summed E-state index contributed by atoms with van der Waals surface area (Å²) >= 11 is 0. The second-order valence-corrected chi connectivity index (χ2v) is 6.70. The summed E-state index contributed by atoms with van der Waals surface area (Å²) in [6, 6.07) is 0. The van der Waals surface area contributed by atoms with E-state index in [9.17, 15) is 4.79 Å². The zero-order valence-corrected chi connectivity index (χ0v) is 22.7. The maximum absolute atomic E-state index is 10.5. The van der Waals surface area contributed by atoms with Crippen molar-refractivity contribution in [2.45, 2.75) is 74.1 Å². The van der Waals surface area contributed by atoms with Gasteiger partial charge in [-0.05, 0) is 44.3 Å². The van der Waals surface area contributed by atoms with E-state index in [2.05, 4.69) is 53.0 Å². The predicted molar refractivity (Wildman–Crippen MR) is 154 cm³/mol. The summed E-state index contributed by atoms with van der Waals surface area (Å²) in [5.74, 6) is 0.902. The Morgan fingerprint density at radius 1 is 0.943 bits per heavy atom. The topological polar surface area (TPSA) is 58.9 Å². The maximum Gasteiger partial charge on any atom is 0.182 e. The van der Waals surface area contributed by atoms with Gasteiger partial charge in [0.25, 0.3) is 0 Å². The fourth-order valence-corrected chi connectivity index (χ4v) is 3.31. The van der Waals surface area contributed by atoms with Crippen LogP contribution in [0.2, 0.25) is 0 Å². The Hall–Kier alpha value is -3.40. The third-order valence-electron chi connectivity index (χ3n) is 4.74. The first-order valence-electron chi connectivity index (χ1n) is 12.9. The van der Waals surface area contributed by atoms with Gasteiger partial charge in [-0.3, -0.25) is 4.79 Å². The molecule has 2 aromatic rings. The highest BCUT2D eigenvalue weighted by molar-refractivity contribution is 5.85. The lowest BCUT2D eigenvalue weighted by Crippen LogP contribution is -1.92. The van der Waals surface area contributed by atoms with E-state index in [1.54, 1.807) is 12.3 Å². The molecule has 0 radical (unpaired) electrons. The van der Waals surface area contributed by atoms with E-state index in [0.29, 0.717) is 5.56 Å². The van der Waals surface area contributed by atoms with Crippen molar-refractivity contribution >= 4 is 29.6 Å². The van der Waals surface area contributed by atoms with Gasteiger partial charge in [0.15, 0.2) is 18.4 Å². The van der Waals surface area contributed by atoms with E-state index in [4.69, 9.17) is 4.42 Å². The van der Waals surface area contributed by atoms with Gasteiger partial charge >= 0.3 is 0 Å². The van der Waals surface area contributed by atoms with Crippen LogP contribution in [0.15, 0.2) is 66.1 Å². The van der Waals surface area contributed by atoms with Gasteiger partial charge in [0.2, 0.25) is 0 Å². The molecule has 0 aliphatic heterocycles. The third kappa shape index (κ3) is 9.78. The molecule has 0 saturated carbocycles. The maximum atomic E-state index is 10.5. The summed E-state index contributed by atoms with van der Waals surface area (Å²) in [5.41, 5.74) is 5.77. The van der Waals surface area contributed by atoms with Gasteiger partial charge in [-0.1, -0.05) is 96.7 Å². The lowest BCUT2D eigenvalue weighted by molar-refractivity contribution is 0.112. The number of nitrogens with one attached hydrogen (secondary N) is 1. The molecule has 0 atom stereocenters. The van der Waals surface area contributed by atoms with Crippen molar-refractivity contribution in [3.05, 3.63) is 90.0 Å². The molecule has 0 fully saturated rings. The number of hydrogen-bond donors (Lipinski definition) is 1. The fourth-order valence-electron chi connectivity index (χ4n) is 3.31. The molecule has 35 heavy (non-hydrogen) atoms. The highest BCUT2D eigenvalue weighted by atomic mass is 16.3. The first-order chi connectivity index (χ1) is 17.3. The molecule has 0 aromatic carbocycles. The molecule has 2 aliphatic carbocycles. The van der Waals surface area contributed by atoms with Crippen molar-refractivity contribution in [2.24, 2.45) is 0 Å². The van der Waals surface area contributed by atoms with Crippen molar-refractivity contribution in [3.8, 4) is 0 Å². The molecule has 2 aliphatic rings. The average molecular weight is 477 g/mol. The highest BCUT2D eigenvalue weighted by Crippen LogP contribution is 2.30. The minimum atomic E-state index is 0.669. The van der Waals surface area contributed by atoms with Gasteiger partial charge in [-0.15, -0.1) is 0 Å². The Kier molecular flexibility index (Phi) is 18.1. The van der Waals surface area contributed by atoms with Crippen LogP contribution in [0.25, 0.3) is 23.3 Å². The van der Waals surface area contributed by atoms with E-state index < -0.39 is 0 Å². The minimum absolute atomic E-state index is 0.669. The number of oxazole rings is 1. The zero-order chi connectivity index (χ0) is 26.5. The Labute approximate surface area is 213 Å². The number of rotatable bonds is 5. The van der Waals surface area contributed by atoms with Crippen molar-refractivity contribution in [3.63, 3.8) is 0 Å². The van der Waals surface area contributed by atoms with Crippen LogP contribution in [0, 0.1) is 0 Å². The molecule has 0 spiro atoms. The van der Waals surface area contributed by atoms with Gasteiger partial charge in [-0.2, -0.15) is 0 Å². The van der Waals surface area contributed by atoms with Crippen LogP contribution in [0.3, 0.4) is 0 Å². The van der Waals surface area contributed by atoms with Crippen LogP contribution in [-0.4, -0.2) is 16.3 Å². The number of hydrogen-bond acceptors (Lipinski definition) is 3. The van der Waals surface area contributed by atoms with Crippen molar-refractivity contribution in [2.75, 3.05) is 0 Å². The summed E-state index contributed by atoms with van der Waals surface area (Å²) in [7, 11) is 0. The van der Waals surface area contributed by atoms with Crippen LogP contribution < -0.4 is 0 Å². The van der Waals surface area contributed by atoms with Crippen LogP contribution in [0.5, 0.6) is 0 Å². The first-order valence-corrected chi connectivity index (χ1v) is 12.9. The number of carbonyl (C=O) groups is 1. The number of nitrogens with zero attached hydrogens (tertiary/aromatic N) is 1. The van der Waals surface area contributed by atoms with E-state index in [0.717, 1.165) is 60.3 Å². The second-order valence-electron chi connectivity index (χ2n) is 6.70. The van der Waals surface area contributed by atoms with Crippen LogP contribution in [0.4, 0.5) is 0 Å². The number of aromatic amines is 1. The molecule has 2 heterocycles. The summed E-state index contributed by atoms with van der Waals surface area (Å²) in [6.07, 6.45) is 27.0. The highest BCUT2D eigenvalue weighted by Gasteiger charge is 2.15. The molecule has 4 heteroatoms.